The average molecular weight is 345 g/mol. The lowest BCUT2D eigenvalue weighted by molar-refractivity contribution is 0.393. The first-order valence-corrected chi connectivity index (χ1v) is 10.4. The number of fused-ring (bicyclic) bond motifs is 1. The minimum absolute atomic E-state index is 0.208. The molecule has 0 bridgehead atoms. The van der Waals surface area contributed by atoms with E-state index in [1.165, 1.54) is 54.4 Å². The van der Waals surface area contributed by atoms with E-state index in [-0.39, 0.29) is 5.41 Å². The molecule has 2 aliphatic rings. The molecule has 0 aromatic heterocycles. The maximum atomic E-state index is 2.52. The SMILES string of the molecule is CC1C(C2CCCCC2)=Cc2cccc(-c3ccc(C(C)(C)C)cc3)c21. The van der Waals surface area contributed by atoms with Crippen LogP contribution in [0.2, 0.25) is 0 Å². The molecule has 0 radical (unpaired) electrons. The van der Waals surface area contributed by atoms with E-state index in [1.54, 1.807) is 11.1 Å². The second-order valence-corrected chi connectivity index (χ2v) is 9.34. The number of rotatable bonds is 2. The third kappa shape index (κ3) is 3.15. The Morgan fingerprint density at radius 1 is 0.846 bits per heavy atom. The van der Waals surface area contributed by atoms with Crippen molar-refractivity contribution in [1.82, 2.24) is 0 Å². The fourth-order valence-corrected chi connectivity index (χ4v) is 4.97. The number of hydrogen-bond acceptors (Lipinski definition) is 0. The van der Waals surface area contributed by atoms with E-state index < -0.39 is 0 Å². The summed E-state index contributed by atoms with van der Waals surface area (Å²) in [6.07, 6.45) is 9.54. The van der Waals surface area contributed by atoms with E-state index >= 15 is 0 Å². The molecule has 1 saturated carbocycles. The molecule has 1 unspecified atom stereocenters. The van der Waals surface area contributed by atoms with Crippen LogP contribution in [0.4, 0.5) is 0 Å². The van der Waals surface area contributed by atoms with Gasteiger partial charge in [0, 0.05) is 5.92 Å². The Morgan fingerprint density at radius 2 is 1.54 bits per heavy atom. The van der Waals surface area contributed by atoms with Gasteiger partial charge in [-0.05, 0) is 52.0 Å². The van der Waals surface area contributed by atoms with Gasteiger partial charge in [0.2, 0.25) is 0 Å². The van der Waals surface area contributed by atoms with Gasteiger partial charge in [-0.2, -0.15) is 0 Å². The fourth-order valence-electron chi connectivity index (χ4n) is 4.97. The molecule has 0 N–H and O–H groups in total. The van der Waals surface area contributed by atoms with E-state index in [9.17, 15) is 0 Å². The molecule has 0 saturated heterocycles. The topological polar surface area (TPSA) is 0 Å². The van der Waals surface area contributed by atoms with Gasteiger partial charge in [-0.15, -0.1) is 0 Å². The summed E-state index contributed by atoms with van der Waals surface area (Å²) in [5, 5.41) is 0. The van der Waals surface area contributed by atoms with Crippen molar-refractivity contribution in [3.8, 4) is 11.1 Å². The lowest BCUT2D eigenvalue weighted by Crippen LogP contribution is -2.12. The minimum atomic E-state index is 0.208. The predicted octanol–water partition coefficient (Wildman–Crippen LogP) is 7.73. The van der Waals surface area contributed by atoms with Crippen LogP contribution in [0.5, 0.6) is 0 Å². The third-order valence-electron chi connectivity index (χ3n) is 6.53. The lowest BCUT2D eigenvalue weighted by Gasteiger charge is -2.26. The minimum Gasteiger partial charge on any atom is -0.0610 e. The second kappa shape index (κ2) is 6.72. The Bertz CT molecular complexity index is 808. The average Bonchev–Trinajstić information content (AvgIpc) is 2.99. The molecule has 2 aromatic carbocycles. The van der Waals surface area contributed by atoms with Crippen molar-refractivity contribution in [2.45, 2.75) is 71.1 Å². The van der Waals surface area contributed by atoms with Crippen LogP contribution < -0.4 is 0 Å². The third-order valence-corrected chi connectivity index (χ3v) is 6.53. The molecule has 2 aliphatic carbocycles. The van der Waals surface area contributed by atoms with Gasteiger partial charge in [-0.25, -0.2) is 0 Å². The van der Waals surface area contributed by atoms with Crippen molar-refractivity contribution in [2.24, 2.45) is 5.92 Å². The van der Waals surface area contributed by atoms with Gasteiger partial charge in [0.1, 0.15) is 0 Å². The molecule has 0 spiro atoms. The van der Waals surface area contributed by atoms with Crippen LogP contribution in [0, 0.1) is 5.92 Å². The van der Waals surface area contributed by atoms with E-state index in [4.69, 9.17) is 0 Å². The van der Waals surface area contributed by atoms with Gasteiger partial charge in [0.25, 0.3) is 0 Å². The summed E-state index contributed by atoms with van der Waals surface area (Å²) in [6, 6.07) is 16.1. The van der Waals surface area contributed by atoms with E-state index in [2.05, 4.69) is 76.2 Å². The van der Waals surface area contributed by atoms with Crippen LogP contribution in [0.1, 0.15) is 82.4 Å². The zero-order chi connectivity index (χ0) is 18.3. The maximum absolute atomic E-state index is 2.52. The van der Waals surface area contributed by atoms with Crippen LogP contribution >= 0.6 is 0 Å². The van der Waals surface area contributed by atoms with Crippen molar-refractivity contribution < 1.29 is 0 Å². The maximum Gasteiger partial charge on any atom is 0.00380 e. The highest BCUT2D eigenvalue weighted by molar-refractivity contribution is 5.79. The molecule has 0 heterocycles. The second-order valence-electron chi connectivity index (χ2n) is 9.34. The normalized spacial score (nSPS) is 20.8. The molecular formula is C26H32. The molecule has 4 rings (SSSR count). The number of hydrogen-bond donors (Lipinski definition) is 0. The summed E-state index contributed by atoms with van der Waals surface area (Å²) in [5.74, 6) is 1.37. The molecule has 0 heteroatoms. The van der Waals surface area contributed by atoms with E-state index in [0.717, 1.165) is 5.92 Å². The van der Waals surface area contributed by atoms with Crippen LogP contribution in [-0.2, 0) is 5.41 Å². The van der Waals surface area contributed by atoms with Crippen molar-refractivity contribution >= 4 is 6.08 Å². The summed E-state index contributed by atoms with van der Waals surface area (Å²) in [7, 11) is 0. The van der Waals surface area contributed by atoms with Crippen molar-refractivity contribution in [3.63, 3.8) is 0 Å². The highest BCUT2D eigenvalue weighted by atomic mass is 14.3. The van der Waals surface area contributed by atoms with Crippen LogP contribution in [-0.4, -0.2) is 0 Å². The quantitative estimate of drug-likeness (QED) is 0.523. The summed E-state index contributed by atoms with van der Waals surface area (Å²) < 4.78 is 0. The lowest BCUT2D eigenvalue weighted by atomic mass is 9.78. The van der Waals surface area contributed by atoms with Crippen molar-refractivity contribution in [3.05, 3.63) is 64.7 Å². The zero-order valence-electron chi connectivity index (χ0n) is 16.8. The predicted molar refractivity (Wildman–Crippen MR) is 114 cm³/mol. The molecule has 2 aromatic rings. The van der Waals surface area contributed by atoms with Crippen LogP contribution in [0.3, 0.4) is 0 Å². The summed E-state index contributed by atoms with van der Waals surface area (Å²) in [4.78, 5) is 0. The Kier molecular flexibility index (Phi) is 4.55. The standard InChI is InChI=1S/C26H32/c1-18-24(19-9-6-5-7-10-19)17-21-11-8-12-23(25(18)21)20-13-15-22(16-14-20)26(2,3)4/h8,11-19H,5-7,9-10H2,1-4H3. The molecule has 0 nitrogen and oxygen atoms in total. The Balaban J connectivity index is 1.68. The molecular weight excluding hydrogens is 312 g/mol. The first kappa shape index (κ1) is 17.6. The largest absolute Gasteiger partial charge is 0.0610 e. The first-order valence-electron chi connectivity index (χ1n) is 10.4. The highest BCUT2D eigenvalue weighted by Gasteiger charge is 2.30. The summed E-state index contributed by atoms with van der Waals surface area (Å²) in [5.41, 5.74) is 9.10. The van der Waals surface area contributed by atoms with Crippen LogP contribution in [0.15, 0.2) is 48.0 Å². The van der Waals surface area contributed by atoms with Crippen LogP contribution in [0.25, 0.3) is 17.2 Å². The molecule has 1 fully saturated rings. The molecule has 0 aliphatic heterocycles. The van der Waals surface area contributed by atoms with Crippen molar-refractivity contribution in [1.29, 1.82) is 0 Å². The van der Waals surface area contributed by atoms with Gasteiger partial charge in [-0.3, -0.25) is 0 Å². The fraction of sp³-hybridized carbons (Fsp3) is 0.462. The first-order chi connectivity index (χ1) is 12.4. The number of allylic oxidation sites excluding steroid dienone is 1. The monoisotopic (exact) mass is 344 g/mol. The van der Waals surface area contributed by atoms with Gasteiger partial charge < -0.3 is 0 Å². The highest BCUT2D eigenvalue weighted by Crippen LogP contribution is 2.47. The molecule has 26 heavy (non-hydrogen) atoms. The molecule has 136 valence electrons. The van der Waals surface area contributed by atoms with Crippen molar-refractivity contribution in [2.75, 3.05) is 0 Å². The Labute approximate surface area is 159 Å². The van der Waals surface area contributed by atoms with Gasteiger partial charge in [-0.1, -0.05) is 101 Å². The summed E-state index contributed by atoms with van der Waals surface area (Å²) >= 11 is 0. The molecule has 1 atom stereocenters. The van der Waals surface area contributed by atoms with Gasteiger partial charge >= 0.3 is 0 Å². The van der Waals surface area contributed by atoms with Gasteiger partial charge in [0.05, 0.1) is 0 Å². The molecule has 0 amide bonds. The van der Waals surface area contributed by atoms with E-state index in [0.29, 0.717) is 5.92 Å². The Hall–Kier alpha value is -1.82. The summed E-state index contributed by atoms with van der Waals surface area (Å²) in [6.45, 7) is 9.28. The smallest absolute Gasteiger partial charge is 0.00380 e. The number of benzene rings is 2. The van der Waals surface area contributed by atoms with Gasteiger partial charge in [0.15, 0.2) is 0 Å². The Morgan fingerprint density at radius 3 is 2.19 bits per heavy atom. The van der Waals surface area contributed by atoms with E-state index in [1.807, 2.05) is 0 Å². The zero-order valence-corrected chi connectivity index (χ0v) is 16.8.